The normalized spacial score (nSPS) is 10.5. The molecule has 0 fully saturated rings. The number of hydrogen-bond donors (Lipinski definition) is 1. The Hall–Kier alpha value is -2.52. The Bertz CT molecular complexity index is 900. The fraction of sp³-hybridized carbons (Fsp3) is 0.176. The monoisotopic (exact) mass is 387 g/mol. The summed E-state index contributed by atoms with van der Waals surface area (Å²) in [7, 11) is 1.59. The van der Waals surface area contributed by atoms with Gasteiger partial charge in [0.1, 0.15) is 11.4 Å². The van der Waals surface area contributed by atoms with Crippen LogP contribution in [0.2, 0.25) is 0 Å². The van der Waals surface area contributed by atoms with Crippen LogP contribution < -0.4 is 10.1 Å². The van der Waals surface area contributed by atoms with Crippen molar-refractivity contribution >= 4 is 35.1 Å². The second-order valence-corrected chi connectivity index (χ2v) is 6.94. The van der Waals surface area contributed by atoms with Gasteiger partial charge >= 0.3 is 0 Å². The minimum absolute atomic E-state index is 0.122. The Kier molecular flexibility index (Phi) is 6.13. The van der Waals surface area contributed by atoms with Gasteiger partial charge in [0, 0.05) is 10.6 Å². The number of carbonyl (C=O) groups excluding carboxylic acids is 1. The van der Waals surface area contributed by atoms with Gasteiger partial charge < -0.3 is 10.1 Å². The highest BCUT2D eigenvalue weighted by atomic mass is 32.2. The van der Waals surface area contributed by atoms with Crippen molar-refractivity contribution < 1.29 is 9.53 Å². The molecular formula is C17H17N5O2S2. The topological polar surface area (TPSA) is 81.9 Å². The SMILES string of the molecule is COc1ccccc1-n1nnnc1SCC(=O)Nc1cccc(SC)c1. The molecule has 9 heteroatoms. The number of tetrazole rings is 1. The van der Waals surface area contributed by atoms with E-state index in [2.05, 4.69) is 20.8 Å². The van der Waals surface area contributed by atoms with Gasteiger partial charge in [-0.1, -0.05) is 30.0 Å². The highest BCUT2D eigenvalue weighted by Crippen LogP contribution is 2.25. The van der Waals surface area contributed by atoms with Crippen LogP contribution in [0.1, 0.15) is 0 Å². The van der Waals surface area contributed by atoms with Crippen LogP contribution >= 0.6 is 23.5 Å². The average molecular weight is 387 g/mol. The number of rotatable bonds is 7. The molecule has 0 saturated carbocycles. The molecule has 1 aromatic heterocycles. The molecule has 1 heterocycles. The summed E-state index contributed by atoms with van der Waals surface area (Å²) in [5.74, 6) is 0.724. The Morgan fingerprint density at radius 3 is 2.88 bits per heavy atom. The molecule has 0 atom stereocenters. The lowest BCUT2D eigenvalue weighted by atomic mass is 10.3. The highest BCUT2D eigenvalue weighted by Gasteiger charge is 2.14. The third-order valence-corrected chi connectivity index (χ3v) is 5.08. The van der Waals surface area contributed by atoms with Crippen molar-refractivity contribution in [2.24, 2.45) is 0 Å². The summed E-state index contributed by atoms with van der Waals surface area (Å²) in [5, 5.41) is 15.1. The van der Waals surface area contributed by atoms with Crippen LogP contribution in [0.4, 0.5) is 5.69 Å². The second kappa shape index (κ2) is 8.72. The lowest BCUT2D eigenvalue weighted by Gasteiger charge is -2.09. The quantitative estimate of drug-likeness (QED) is 0.624. The number of anilines is 1. The molecule has 7 nitrogen and oxygen atoms in total. The van der Waals surface area contributed by atoms with Gasteiger partial charge in [-0.3, -0.25) is 4.79 Å². The fourth-order valence-electron chi connectivity index (χ4n) is 2.25. The number of para-hydroxylation sites is 2. The summed E-state index contributed by atoms with van der Waals surface area (Å²) >= 11 is 2.89. The minimum Gasteiger partial charge on any atom is -0.494 e. The molecule has 0 radical (unpaired) electrons. The summed E-state index contributed by atoms with van der Waals surface area (Å²) in [6.45, 7) is 0. The smallest absolute Gasteiger partial charge is 0.234 e. The van der Waals surface area contributed by atoms with Gasteiger partial charge in [-0.2, -0.15) is 4.68 Å². The second-order valence-electron chi connectivity index (χ2n) is 5.11. The van der Waals surface area contributed by atoms with Crippen LogP contribution in [-0.2, 0) is 4.79 Å². The van der Waals surface area contributed by atoms with E-state index >= 15 is 0 Å². The molecule has 3 aromatic rings. The molecule has 0 bridgehead atoms. The lowest BCUT2D eigenvalue weighted by molar-refractivity contribution is -0.113. The number of carbonyl (C=O) groups is 1. The van der Waals surface area contributed by atoms with Crippen molar-refractivity contribution in [2.75, 3.05) is 24.4 Å². The number of amides is 1. The molecule has 0 saturated heterocycles. The van der Waals surface area contributed by atoms with Crippen molar-refractivity contribution in [1.82, 2.24) is 20.2 Å². The first-order valence-electron chi connectivity index (χ1n) is 7.69. The van der Waals surface area contributed by atoms with E-state index in [0.29, 0.717) is 10.9 Å². The number of ether oxygens (including phenoxy) is 1. The van der Waals surface area contributed by atoms with Crippen LogP contribution in [0, 0.1) is 0 Å². The van der Waals surface area contributed by atoms with Crippen LogP contribution in [0.5, 0.6) is 5.75 Å². The lowest BCUT2D eigenvalue weighted by Crippen LogP contribution is -2.14. The van der Waals surface area contributed by atoms with Crippen LogP contribution in [0.3, 0.4) is 0 Å². The van der Waals surface area contributed by atoms with Crippen molar-refractivity contribution in [3.63, 3.8) is 0 Å². The number of thioether (sulfide) groups is 2. The van der Waals surface area contributed by atoms with Crippen molar-refractivity contribution in [1.29, 1.82) is 0 Å². The van der Waals surface area contributed by atoms with E-state index in [1.54, 1.807) is 23.6 Å². The molecule has 0 aliphatic heterocycles. The minimum atomic E-state index is -0.122. The maximum atomic E-state index is 12.2. The van der Waals surface area contributed by atoms with Gasteiger partial charge in [0.25, 0.3) is 0 Å². The zero-order valence-corrected chi connectivity index (χ0v) is 15.9. The summed E-state index contributed by atoms with van der Waals surface area (Å²) in [5.41, 5.74) is 1.49. The fourth-order valence-corrected chi connectivity index (χ4v) is 3.40. The molecule has 2 aromatic carbocycles. The Labute approximate surface area is 159 Å². The largest absolute Gasteiger partial charge is 0.494 e. The van der Waals surface area contributed by atoms with E-state index in [-0.39, 0.29) is 11.7 Å². The average Bonchev–Trinajstić information content (AvgIpc) is 3.15. The van der Waals surface area contributed by atoms with Crippen LogP contribution in [-0.4, -0.2) is 45.2 Å². The molecule has 3 rings (SSSR count). The van der Waals surface area contributed by atoms with Gasteiger partial charge in [0.15, 0.2) is 0 Å². The molecule has 1 amide bonds. The van der Waals surface area contributed by atoms with E-state index in [0.717, 1.165) is 16.3 Å². The zero-order chi connectivity index (χ0) is 18.4. The van der Waals surface area contributed by atoms with Gasteiger partial charge in [-0.15, -0.1) is 16.9 Å². The molecular weight excluding hydrogens is 370 g/mol. The van der Waals surface area contributed by atoms with E-state index in [1.165, 1.54) is 11.8 Å². The van der Waals surface area contributed by atoms with Crippen molar-refractivity contribution in [3.05, 3.63) is 48.5 Å². The van der Waals surface area contributed by atoms with Gasteiger partial charge in [-0.25, -0.2) is 0 Å². The maximum absolute atomic E-state index is 12.2. The third kappa shape index (κ3) is 4.36. The number of hydrogen-bond acceptors (Lipinski definition) is 7. The van der Waals surface area contributed by atoms with Gasteiger partial charge in [0.05, 0.1) is 12.9 Å². The van der Waals surface area contributed by atoms with Gasteiger partial charge in [0.2, 0.25) is 11.1 Å². The van der Waals surface area contributed by atoms with Gasteiger partial charge in [-0.05, 0) is 47.0 Å². The molecule has 1 N–H and O–H groups in total. The molecule has 0 spiro atoms. The number of benzene rings is 2. The number of methoxy groups -OCH3 is 1. The zero-order valence-electron chi connectivity index (χ0n) is 14.2. The van der Waals surface area contributed by atoms with E-state index in [9.17, 15) is 4.79 Å². The maximum Gasteiger partial charge on any atom is 0.234 e. The predicted octanol–water partition coefficient (Wildman–Crippen LogP) is 3.12. The van der Waals surface area contributed by atoms with Crippen molar-refractivity contribution in [2.45, 2.75) is 10.1 Å². The van der Waals surface area contributed by atoms with E-state index in [1.807, 2.05) is 54.8 Å². The summed E-state index contributed by atoms with van der Waals surface area (Å²) < 4.78 is 6.90. The first kappa shape index (κ1) is 18.3. The van der Waals surface area contributed by atoms with Crippen molar-refractivity contribution in [3.8, 4) is 11.4 Å². The number of nitrogens with zero attached hydrogens (tertiary/aromatic N) is 4. The van der Waals surface area contributed by atoms with E-state index in [4.69, 9.17) is 4.74 Å². The standard InChI is InChI=1S/C17H17N5O2S2/c1-24-15-9-4-3-8-14(15)22-17(19-20-21-22)26-11-16(23)18-12-6-5-7-13(10-12)25-2/h3-10H,11H2,1-2H3,(H,18,23). The summed E-state index contributed by atoms with van der Waals surface area (Å²) in [6.07, 6.45) is 1.99. The third-order valence-electron chi connectivity index (χ3n) is 3.44. The molecule has 26 heavy (non-hydrogen) atoms. The van der Waals surface area contributed by atoms with Crippen LogP contribution in [0.25, 0.3) is 5.69 Å². The molecule has 0 aliphatic rings. The van der Waals surface area contributed by atoms with E-state index < -0.39 is 0 Å². The number of aromatic nitrogens is 4. The molecule has 0 unspecified atom stereocenters. The first-order chi connectivity index (χ1) is 12.7. The number of nitrogens with one attached hydrogen (secondary N) is 1. The first-order valence-corrected chi connectivity index (χ1v) is 9.91. The highest BCUT2D eigenvalue weighted by molar-refractivity contribution is 7.99. The van der Waals surface area contributed by atoms with Crippen LogP contribution in [0.15, 0.2) is 58.6 Å². The Balaban J connectivity index is 1.67. The Morgan fingerprint density at radius 1 is 1.23 bits per heavy atom. The summed E-state index contributed by atoms with van der Waals surface area (Å²) in [4.78, 5) is 13.3. The molecule has 0 aliphatic carbocycles. The Morgan fingerprint density at radius 2 is 2.08 bits per heavy atom. The summed E-state index contributed by atoms with van der Waals surface area (Å²) in [6, 6.07) is 15.1. The molecule has 134 valence electrons. The predicted molar refractivity (Wildman–Crippen MR) is 103 cm³/mol.